The van der Waals surface area contributed by atoms with Crippen molar-refractivity contribution in [2.24, 2.45) is 0 Å². The number of carbonyl (C=O) groups is 1. The summed E-state index contributed by atoms with van der Waals surface area (Å²) in [6, 6.07) is 9.86. The third-order valence-electron chi connectivity index (χ3n) is 5.10. The molecule has 1 fully saturated rings. The fourth-order valence-electron chi connectivity index (χ4n) is 3.39. The highest BCUT2D eigenvalue weighted by molar-refractivity contribution is 6.05. The Morgan fingerprint density at radius 3 is 2.43 bits per heavy atom. The van der Waals surface area contributed by atoms with Crippen LogP contribution in [0, 0.1) is 0 Å². The number of aryl methyl sites for hydroxylation is 2. The number of nitrogens with one attached hydrogen (secondary N) is 2. The fourth-order valence-corrected chi connectivity index (χ4v) is 3.39. The molecule has 1 aliphatic rings. The molecule has 0 saturated carbocycles. The predicted molar refractivity (Wildman–Crippen MR) is 113 cm³/mol. The van der Waals surface area contributed by atoms with Crippen molar-refractivity contribution in [3.8, 4) is 0 Å². The lowest BCUT2D eigenvalue weighted by Gasteiger charge is -2.26. The number of para-hydroxylation sites is 1. The highest BCUT2D eigenvalue weighted by Crippen LogP contribution is 2.23. The molecule has 1 aromatic carbocycles. The van der Waals surface area contributed by atoms with E-state index in [0.717, 1.165) is 74.9 Å². The van der Waals surface area contributed by atoms with Crippen molar-refractivity contribution in [2.45, 2.75) is 26.7 Å². The van der Waals surface area contributed by atoms with Crippen molar-refractivity contribution in [1.29, 1.82) is 0 Å². The SMILES string of the molecule is CCc1cccc(CC)c1NC(=O)c1ccc(NCCN2CCOCC2)nc1. The number of rotatable bonds is 8. The first-order valence-corrected chi connectivity index (χ1v) is 10.1. The number of hydrogen-bond donors (Lipinski definition) is 2. The maximum Gasteiger partial charge on any atom is 0.257 e. The van der Waals surface area contributed by atoms with E-state index < -0.39 is 0 Å². The minimum absolute atomic E-state index is 0.122. The van der Waals surface area contributed by atoms with Crippen molar-refractivity contribution < 1.29 is 9.53 Å². The van der Waals surface area contributed by atoms with E-state index in [9.17, 15) is 4.79 Å². The molecule has 28 heavy (non-hydrogen) atoms. The van der Waals surface area contributed by atoms with Gasteiger partial charge >= 0.3 is 0 Å². The summed E-state index contributed by atoms with van der Waals surface area (Å²) in [5.41, 5.74) is 3.81. The van der Waals surface area contributed by atoms with E-state index in [4.69, 9.17) is 4.74 Å². The van der Waals surface area contributed by atoms with Crippen LogP contribution < -0.4 is 10.6 Å². The van der Waals surface area contributed by atoms with E-state index in [1.807, 2.05) is 18.2 Å². The molecule has 0 atom stereocenters. The lowest BCUT2D eigenvalue weighted by Crippen LogP contribution is -2.39. The Bertz CT molecular complexity index is 748. The highest BCUT2D eigenvalue weighted by Gasteiger charge is 2.13. The van der Waals surface area contributed by atoms with Crippen LogP contribution in [-0.4, -0.2) is 55.2 Å². The lowest BCUT2D eigenvalue weighted by atomic mass is 10.0. The monoisotopic (exact) mass is 382 g/mol. The van der Waals surface area contributed by atoms with Crippen LogP contribution >= 0.6 is 0 Å². The number of benzene rings is 1. The van der Waals surface area contributed by atoms with E-state index in [2.05, 4.69) is 46.5 Å². The molecule has 0 radical (unpaired) electrons. The molecule has 0 spiro atoms. The Kier molecular flexibility index (Phi) is 7.39. The van der Waals surface area contributed by atoms with E-state index in [1.165, 1.54) is 0 Å². The summed E-state index contributed by atoms with van der Waals surface area (Å²) >= 11 is 0. The van der Waals surface area contributed by atoms with Crippen molar-refractivity contribution in [2.75, 3.05) is 50.0 Å². The van der Waals surface area contributed by atoms with Gasteiger partial charge in [0, 0.05) is 38.1 Å². The molecule has 1 aromatic heterocycles. The maximum atomic E-state index is 12.7. The first-order chi connectivity index (χ1) is 13.7. The summed E-state index contributed by atoms with van der Waals surface area (Å²) in [7, 11) is 0. The van der Waals surface area contributed by atoms with Crippen LogP contribution in [0.15, 0.2) is 36.5 Å². The van der Waals surface area contributed by atoms with Gasteiger partial charge in [0.05, 0.1) is 18.8 Å². The quantitative estimate of drug-likeness (QED) is 0.734. The van der Waals surface area contributed by atoms with Gasteiger partial charge in [-0.3, -0.25) is 9.69 Å². The van der Waals surface area contributed by atoms with E-state index in [-0.39, 0.29) is 5.91 Å². The number of nitrogens with zero attached hydrogens (tertiary/aromatic N) is 2. The number of aromatic nitrogens is 1. The molecule has 3 rings (SSSR count). The van der Waals surface area contributed by atoms with Gasteiger partial charge < -0.3 is 15.4 Å². The molecule has 0 unspecified atom stereocenters. The van der Waals surface area contributed by atoms with Gasteiger partial charge in [-0.1, -0.05) is 32.0 Å². The van der Waals surface area contributed by atoms with Crippen LogP contribution in [0.1, 0.15) is 35.3 Å². The topological polar surface area (TPSA) is 66.5 Å². The third-order valence-corrected chi connectivity index (χ3v) is 5.10. The minimum Gasteiger partial charge on any atom is -0.379 e. The Balaban J connectivity index is 1.56. The van der Waals surface area contributed by atoms with E-state index in [0.29, 0.717) is 5.56 Å². The second-order valence-electron chi connectivity index (χ2n) is 6.93. The number of hydrogen-bond acceptors (Lipinski definition) is 5. The smallest absolute Gasteiger partial charge is 0.257 e. The number of pyridine rings is 1. The minimum atomic E-state index is -0.122. The summed E-state index contributed by atoms with van der Waals surface area (Å²) in [5, 5.41) is 6.40. The first-order valence-electron chi connectivity index (χ1n) is 10.1. The van der Waals surface area contributed by atoms with Crippen molar-refractivity contribution in [3.63, 3.8) is 0 Å². The standard InChI is InChI=1S/C22H30N4O2/c1-3-17-6-5-7-18(4-2)21(17)25-22(27)19-8-9-20(24-16-19)23-10-11-26-12-14-28-15-13-26/h5-9,16H,3-4,10-15H2,1-2H3,(H,23,24)(H,25,27). The maximum absolute atomic E-state index is 12.7. The van der Waals surface area contributed by atoms with Gasteiger partial charge in [0.2, 0.25) is 0 Å². The first kappa shape index (κ1) is 20.3. The highest BCUT2D eigenvalue weighted by atomic mass is 16.5. The number of ether oxygens (including phenoxy) is 1. The van der Waals surface area contributed by atoms with Crippen LogP contribution in [0.5, 0.6) is 0 Å². The second kappa shape index (κ2) is 10.2. The van der Waals surface area contributed by atoms with Crippen LogP contribution in [0.2, 0.25) is 0 Å². The zero-order valence-electron chi connectivity index (χ0n) is 16.8. The van der Waals surface area contributed by atoms with Gasteiger partial charge in [-0.15, -0.1) is 0 Å². The van der Waals surface area contributed by atoms with Crippen molar-refractivity contribution in [3.05, 3.63) is 53.2 Å². The van der Waals surface area contributed by atoms with Crippen molar-refractivity contribution in [1.82, 2.24) is 9.88 Å². The van der Waals surface area contributed by atoms with E-state index >= 15 is 0 Å². The molecule has 150 valence electrons. The average Bonchev–Trinajstić information content (AvgIpc) is 2.75. The summed E-state index contributed by atoms with van der Waals surface area (Å²) in [4.78, 5) is 19.5. The number of morpholine rings is 1. The summed E-state index contributed by atoms with van der Waals surface area (Å²) in [6.45, 7) is 9.56. The van der Waals surface area contributed by atoms with E-state index in [1.54, 1.807) is 6.20 Å². The van der Waals surface area contributed by atoms with Crippen LogP contribution in [0.3, 0.4) is 0 Å². The normalized spacial score (nSPS) is 14.6. The Labute approximate surface area is 167 Å². The van der Waals surface area contributed by atoms with Gasteiger partial charge in [0.1, 0.15) is 5.82 Å². The van der Waals surface area contributed by atoms with Crippen LogP contribution in [0.4, 0.5) is 11.5 Å². The predicted octanol–water partition coefficient (Wildman–Crippen LogP) is 3.20. The number of carbonyl (C=O) groups excluding carboxylic acids is 1. The number of anilines is 2. The van der Waals surface area contributed by atoms with Crippen molar-refractivity contribution >= 4 is 17.4 Å². The number of amides is 1. The molecular weight excluding hydrogens is 352 g/mol. The van der Waals surface area contributed by atoms with Gasteiger partial charge in [-0.05, 0) is 36.1 Å². The van der Waals surface area contributed by atoms with Gasteiger partial charge in [0.25, 0.3) is 5.91 Å². The lowest BCUT2D eigenvalue weighted by molar-refractivity contribution is 0.0398. The molecule has 2 heterocycles. The summed E-state index contributed by atoms with van der Waals surface area (Å²) in [6.07, 6.45) is 3.40. The Morgan fingerprint density at radius 1 is 1.11 bits per heavy atom. The fraction of sp³-hybridized carbons (Fsp3) is 0.455. The Morgan fingerprint density at radius 2 is 1.82 bits per heavy atom. The largest absolute Gasteiger partial charge is 0.379 e. The summed E-state index contributed by atoms with van der Waals surface area (Å²) in [5.74, 6) is 0.663. The molecular formula is C22H30N4O2. The molecule has 2 aromatic rings. The van der Waals surface area contributed by atoms with Crippen LogP contribution in [0.25, 0.3) is 0 Å². The molecule has 1 amide bonds. The molecule has 0 aliphatic carbocycles. The molecule has 1 saturated heterocycles. The van der Waals surface area contributed by atoms with Gasteiger partial charge in [-0.25, -0.2) is 4.98 Å². The molecule has 2 N–H and O–H groups in total. The summed E-state index contributed by atoms with van der Waals surface area (Å²) < 4.78 is 5.36. The van der Waals surface area contributed by atoms with Gasteiger partial charge in [-0.2, -0.15) is 0 Å². The molecule has 0 bridgehead atoms. The zero-order valence-corrected chi connectivity index (χ0v) is 16.8. The molecule has 6 heteroatoms. The second-order valence-corrected chi connectivity index (χ2v) is 6.93. The third kappa shape index (κ3) is 5.30. The molecule has 6 nitrogen and oxygen atoms in total. The average molecular weight is 383 g/mol. The van der Waals surface area contributed by atoms with Gasteiger partial charge in [0.15, 0.2) is 0 Å². The Hall–Kier alpha value is -2.44. The molecule has 1 aliphatic heterocycles. The zero-order chi connectivity index (χ0) is 19.8. The van der Waals surface area contributed by atoms with Crippen LogP contribution in [-0.2, 0) is 17.6 Å².